The van der Waals surface area contributed by atoms with Crippen molar-refractivity contribution in [1.82, 2.24) is 0 Å². The molecule has 0 amide bonds. The molecule has 2 unspecified atom stereocenters. The molecule has 1 aromatic rings. The molecule has 1 aromatic carbocycles. The zero-order valence-electron chi connectivity index (χ0n) is 22.0. The van der Waals surface area contributed by atoms with E-state index in [4.69, 9.17) is 9.47 Å². The number of rotatable bonds is 4. The summed E-state index contributed by atoms with van der Waals surface area (Å²) < 4.78 is 11.8. The molecule has 2 fully saturated rings. The van der Waals surface area contributed by atoms with Crippen molar-refractivity contribution in [3.63, 3.8) is 0 Å². The van der Waals surface area contributed by atoms with Crippen LogP contribution in [0.3, 0.4) is 0 Å². The fourth-order valence-corrected chi connectivity index (χ4v) is 6.59. The van der Waals surface area contributed by atoms with Gasteiger partial charge in [-0.1, -0.05) is 44.2 Å². The van der Waals surface area contributed by atoms with Crippen molar-refractivity contribution >= 4 is 11.8 Å². The molecule has 2 bridgehead atoms. The summed E-state index contributed by atoms with van der Waals surface area (Å²) in [6, 6.07) is 9.66. The van der Waals surface area contributed by atoms with Crippen LogP contribution in [0.1, 0.15) is 65.9 Å². The third kappa shape index (κ3) is 4.44. The lowest BCUT2D eigenvalue weighted by atomic mass is 9.51. The molecule has 0 radical (unpaired) electrons. The third-order valence-electron chi connectivity index (χ3n) is 9.32. The Hall–Kier alpha value is -2.06. The molecule has 0 aromatic heterocycles. The van der Waals surface area contributed by atoms with E-state index >= 15 is 0 Å². The van der Waals surface area contributed by atoms with Crippen molar-refractivity contribution in [2.75, 3.05) is 6.61 Å². The van der Waals surface area contributed by atoms with Crippen molar-refractivity contribution in [2.24, 2.45) is 16.7 Å². The zero-order valence-corrected chi connectivity index (χ0v) is 22.0. The quantitative estimate of drug-likeness (QED) is 0.430. The molecular weight excluding hydrogens is 460 g/mol. The number of carbonyl (C=O) groups is 2. The second-order valence-electron chi connectivity index (χ2n) is 11.8. The molecule has 1 heterocycles. The molecule has 7 atom stereocenters. The molecule has 3 N–H and O–H groups in total. The van der Waals surface area contributed by atoms with E-state index < -0.39 is 52.4 Å². The molecule has 198 valence electrons. The number of benzene rings is 1. The Kier molecular flexibility index (Phi) is 7.25. The third-order valence-corrected chi connectivity index (χ3v) is 9.32. The Labute approximate surface area is 213 Å². The van der Waals surface area contributed by atoms with Crippen LogP contribution in [0.5, 0.6) is 0 Å². The van der Waals surface area contributed by atoms with Crippen LogP contribution < -0.4 is 0 Å². The summed E-state index contributed by atoms with van der Waals surface area (Å²) in [6.45, 7) is 9.14. The maximum atomic E-state index is 13.9. The van der Waals surface area contributed by atoms with Gasteiger partial charge in [0.05, 0.1) is 29.8 Å². The number of ether oxygens (including phenoxy) is 2. The lowest BCUT2D eigenvalue weighted by molar-refractivity contribution is -0.173. The molecule has 4 rings (SSSR count). The largest absolute Gasteiger partial charge is 0.458 e. The van der Waals surface area contributed by atoms with Gasteiger partial charge >= 0.3 is 5.97 Å². The van der Waals surface area contributed by atoms with E-state index in [0.29, 0.717) is 17.6 Å². The predicted octanol–water partition coefficient (Wildman–Crippen LogP) is 3.13. The van der Waals surface area contributed by atoms with Crippen molar-refractivity contribution in [3.05, 3.63) is 47.0 Å². The van der Waals surface area contributed by atoms with Crippen molar-refractivity contribution in [2.45, 2.75) is 96.7 Å². The maximum absolute atomic E-state index is 13.9. The summed E-state index contributed by atoms with van der Waals surface area (Å²) in [5.41, 5.74) is -1.63. The average molecular weight is 501 g/mol. The first-order valence-corrected chi connectivity index (χ1v) is 13.0. The van der Waals surface area contributed by atoms with E-state index in [1.807, 2.05) is 51.1 Å². The van der Waals surface area contributed by atoms with Crippen LogP contribution in [0.2, 0.25) is 0 Å². The van der Waals surface area contributed by atoms with Gasteiger partial charge in [-0.3, -0.25) is 9.59 Å². The summed E-state index contributed by atoms with van der Waals surface area (Å²) in [7, 11) is 0. The molecule has 1 aliphatic heterocycles. The van der Waals surface area contributed by atoms with Gasteiger partial charge in [0.15, 0.2) is 5.78 Å². The van der Waals surface area contributed by atoms with Crippen LogP contribution in [-0.2, 0) is 25.5 Å². The van der Waals surface area contributed by atoms with Crippen LogP contribution >= 0.6 is 0 Å². The zero-order chi connectivity index (χ0) is 26.5. The number of aryl methyl sites for hydroxylation is 1. The highest BCUT2D eigenvalue weighted by Crippen LogP contribution is 2.57. The Bertz CT molecular complexity index is 1030. The first-order valence-electron chi connectivity index (χ1n) is 13.0. The molecule has 7 heteroatoms. The van der Waals surface area contributed by atoms with Gasteiger partial charge in [0.1, 0.15) is 12.2 Å². The van der Waals surface area contributed by atoms with E-state index in [0.717, 1.165) is 5.56 Å². The number of esters is 1. The van der Waals surface area contributed by atoms with Crippen LogP contribution in [0.4, 0.5) is 0 Å². The highest BCUT2D eigenvalue weighted by Gasteiger charge is 2.63. The summed E-state index contributed by atoms with van der Waals surface area (Å²) in [5.74, 6) is -1.38. The highest BCUT2D eigenvalue weighted by atomic mass is 16.5. The fourth-order valence-electron chi connectivity index (χ4n) is 6.59. The number of Topliss-reactive ketones (excluding diaryl/α,β-unsaturated/α-hetero) is 1. The van der Waals surface area contributed by atoms with Gasteiger partial charge in [-0.05, 0) is 56.2 Å². The second-order valence-corrected chi connectivity index (χ2v) is 11.8. The minimum Gasteiger partial charge on any atom is -0.458 e. The topological polar surface area (TPSA) is 113 Å². The van der Waals surface area contributed by atoms with E-state index in [1.165, 1.54) is 0 Å². The van der Waals surface area contributed by atoms with E-state index in [-0.39, 0.29) is 38.4 Å². The van der Waals surface area contributed by atoms with Crippen molar-refractivity contribution in [3.8, 4) is 0 Å². The van der Waals surface area contributed by atoms with Crippen molar-refractivity contribution in [1.29, 1.82) is 0 Å². The lowest BCUT2D eigenvalue weighted by Crippen LogP contribution is -2.63. The van der Waals surface area contributed by atoms with Crippen LogP contribution in [0, 0.1) is 16.7 Å². The summed E-state index contributed by atoms with van der Waals surface area (Å²) in [4.78, 5) is 26.7. The molecule has 2 aliphatic carbocycles. The smallest absolute Gasteiger partial charge is 0.306 e. The maximum Gasteiger partial charge on any atom is 0.306 e. The van der Waals surface area contributed by atoms with Crippen molar-refractivity contribution < 1.29 is 34.4 Å². The van der Waals surface area contributed by atoms with Gasteiger partial charge in [0.25, 0.3) is 0 Å². The normalized spacial score (nSPS) is 38.4. The average Bonchev–Trinajstić information content (AvgIpc) is 2.92. The Morgan fingerprint density at radius 3 is 2.47 bits per heavy atom. The first kappa shape index (κ1) is 27.0. The second kappa shape index (κ2) is 9.67. The van der Waals surface area contributed by atoms with E-state index in [2.05, 4.69) is 0 Å². The van der Waals surface area contributed by atoms with Gasteiger partial charge in [-0.25, -0.2) is 0 Å². The number of hydrogen-bond donors (Lipinski definition) is 3. The summed E-state index contributed by atoms with van der Waals surface area (Å²) in [5, 5.41) is 34.8. The van der Waals surface area contributed by atoms with E-state index in [9.17, 15) is 24.9 Å². The molecule has 3 aliphatic rings. The highest BCUT2D eigenvalue weighted by molar-refractivity contribution is 5.92. The Morgan fingerprint density at radius 2 is 1.81 bits per heavy atom. The van der Waals surface area contributed by atoms with Gasteiger partial charge in [-0.15, -0.1) is 0 Å². The van der Waals surface area contributed by atoms with Gasteiger partial charge in [0, 0.05) is 24.7 Å². The van der Waals surface area contributed by atoms with E-state index in [1.54, 1.807) is 13.8 Å². The molecule has 36 heavy (non-hydrogen) atoms. The Morgan fingerprint density at radius 1 is 1.14 bits per heavy atom. The summed E-state index contributed by atoms with van der Waals surface area (Å²) >= 11 is 0. The first-order chi connectivity index (χ1) is 16.8. The predicted molar refractivity (Wildman–Crippen MR) is 134 cm³/mol. The molecule has 1 saturated heterocycles. The number of fused-ring (bicyclic) bond motifs is 3. The van der Waals surface area contributed by atoms with Crippen LogP contribution in [0.25, 0.3) is 0 Å². The molecule has 0 spiro atoms. The number of aliphatic hydroxyl groups excluding tert-OH is 2. The molecular formula is C29H40O7. The monoisotopic (exact) mass is 500 g/mol. The van der Waals surface area contributed by atoms with Crippen LogP contribution in [0.15, 0.2) is 41.5 Å². The Balaban J connectivity index is 1.68. The SMILES string of the molecule is CC1=C2[C@@H](O)C(=O)[C@@]3(C)C(COC(C)C[C@@H]3O)C[C@](O)(C[C@@H]1OC(=O)CCc1ccccc1)C2(C)C. The number of ketones is 1. The fraction of sp³-hybridized carbons (Fsp3) is 0.655. The number of carbonyl (C=O) groups excluding carboxylic acids is 2. The lowest BCUT2D eigenvalue weighted by Gasteiger charge is -2.56. The van der Waals surface area contributed by atoms with Gasteiger partial charge in [-0.2, -0.15) is 0 Å². The molecule has 7 nitrogen and oxygen atoms in total. The number of hydrogen-bond acceptors (Lipinski definition) is 7. The van der Waals surface area contributed by atoms with Gasteiger partial charge < -0.3 is 24.8 Å². The summed E-state index contributed by atoms with van der Waals surface area (Å²) in [6.07, 6.45) is -2.25. The van der Waals surface area contributed by atoms with Gasteiger partial charge in [0.2, 0.25) is 0 Å². The minimum atomic E-state index is -1.53. The minimum absolute atomic E-state index is 0.144. The number of aliphatic hydroxyl groups is 3. The van der Waals surface area contributed by atoms with Crippen LogP contribution in [-0.4, -0.2) is 63.7 Å². The molecule has 1 saturated carbocycles. The standard InChI is InChI=1S/C29H40O7/c1-17-13-22(30)28(5)20(16-35-17)14-29(34)15-21(18(2)24(27(29,3)4)25(32)26(28)33)36-23(31)12-11-19-9-7-6-8-10-19/h6-10,17,20-22,25,30,32,34H,11-16H2,1-5H3/t17?,20?,21-,22-,25+,28-,29-/m0/s1.